The molecule has 0 bridgehead atoms. The summed E-state index contributed by atoms with van der Waals surface area (Å²) in [7, 11) is 0. The van der Waals surface area contributed by atoms with E-state index in [1.807, 2.05) is 49.1 Å². The maximum Gasteiger partial charge on any atom is 0.266 e. The highest BCUT2D eigenvalue weighted by molar-refractivity contribution is 6.10. The normalized spacial score (nSPS) is 14.1. The van der Waals surface area contributed by atoms with Gasteiger partial charge in [-0.1, -0.05) is 25.1 Å². The van der Waals surface area contributed by atoms with Crippen molar-refractivity contribution in [2.75, 3.05) is 23.3 Å². The van der Waals surface area contributed by atoms with Gasteiger partial charge in [0.05, 0.1) is 5.69 Å². The molecule has 0 aromatic heterocycles. The number of hydrogen-bond donors (Lipinski definition) is 1. The molecular formula is C23H24FN3O. The number of aryl methyl sites for hydroxylation is 2. The SMILES string of the molecule is CCc1ccccc1NC(=O)/C(C#N)=C\c1cc(F)c(N2CCCC2)cc1C. The van der Waals surface area contributed by atoms with E-state index in [-0.39, 0.29) is 11.4 Å². The molecule has 0 saturated carbocycles. The summed E-state index contributed by atoms with van der Waals surface area (Å²) in [6.07, 6.45) is 4.36. The number of nitrogens with zero attached hydrogens (tertiary/aromatic N) is 2. The van der Waals surface area contributed by atoms with E-state index < -0.39 is 5.91 Å². The Morgan fingerprint density at radius 3 is 2.68 bits per heavy atom. The van der Waals surface area contributed by atoms with Gasteiger partial charge in [-0.15, -0.1) is 0 Å². The van der Waals surface area contributed by atoms with E-state index in [1.165, 1.54) is 12.1 Å². The van der Waals surface area contributed by atoms with Crippen molar-refractivity contribution in [1.82, 2.24) is 0 Å². The second kappa shape index (κ2) is 8.71. The van der Waals surface area contributed by atoms with Crippen molar-refractivity contribution >= 4 is 23.4 Å². The molecule has 1 fully saturated rings. The topological polar surface area (TPSA) is 56.1 Å². The second-order valence-corrected chi connectivity index (χ2v) is 6.99. The summed E-state index contributed by atoms with van der Waals surface area (Å²) in [4.78, 5) is 14.6. The first-order valence-electron chi connectivity index (χ1n) is 9.59. The third-order valence-corrected chi connectivity index (χ3v) is 5.09. The maximum absolute atomic E-state index is 14.6. The molecule has 2 aromatic rings. The van der Waals surface area contributed by atoms with E-state index in [1.54, 1.807) is 6.07 Å². The van der Waals surface area contributed by atoms with Crippen molar-refractivity contribution in [2.45, 2.75) is 33.1 Å². The minimum atomic E-state index is -0.494. The highest BCUT2D eigenvalue weighted by Gasteiger charge is 2.18. The zero-order valence-electron chi connectivity index (χ0n) is 16.3. The van der Waals surface area contributed by atoms with Crippen molar-refractivity contribution in [3.63, 3.8) is 0 Å². The lowest BCUT2D eigenvalue weighted by atomic mass is 10.0. The van der Waals surface area contributed by atoms with Crippen LogP contribution in [-0.4, -0.2) is 19.0 Å². The van der Waals surface area contributed by atoms with Crippen LogP contribution in [0.25, 0.3) is 6.08 Å². The first-order valence-corrected chi connectivity index (χ1v) is 9.59. The highest BCUT2D eigenvalue weighted by Crippen LogP contribution is 2.28. The second-order valence-electron chi connectivity index (χ2n) is 6.99. The van der Waals surface area contributed by atoms with Crippen molar-refractivity contribution in [2.24, 2.45) is 0 Å². The molecule has 1 heterocycles. The average molecular weight is 377 g/mol. The van der Waals surface area contributed by atoms with Crippen molar-refractivity contribution in [3.8, 4) is 6.07 Å². The molecule has 3 rings (SSSR count). The number of para-hydroxylation sites is 1. The number of benzene rings is 2. The van der Waals surface area contributed by atoms with Crippen LogP contribution in [0.5, 0.6) is 0 Å². The minimum Gasteiger partial charge on any atom is -0.369 e. The zero-order chi connectivity index (χ0) is 20.1. The number of halogens is 1. The van der Waals surface area contributed by atoms with Crippen molar-refractivity contribution in [1.29, 1.82) is 5.26 Å². The van der Waals surface area contributed by atoms with Gasteiger partial charge < -0.3 is 10.2 Å². The monoisotopic (exact) mass is 377 g/mol. The maximum atomic E-state index is 14.6. The summed E-state index contributed by atoms with van der Waals surface area (Å²) >= 11 is 0. The molecule has 1 amide bonds. The van der Waals surface area contributed by atoms with Crippen LogP contribution < -0.4 is 10.2 Å². The molecule has 0 atom stereocenters. The standard InChI is InChI=1S/C23H24FN3O/c1-3-17-8-4-5-9-21(17)26-23(28)19(15-25)13-18-14-20(24)22(12-16(18)2)27-10-6-7-11-27/h4-5,8-9,12-14H,3,6-7,10-11H2,1-2H3,(H,26,28)/b19-13-. The summed E-state index contributed by atoms with van der Waals surface area (Å²) in [5, 5.41) is 12.3. The van der Waals surface area contributed by atoms with Gasteiger partial charge in [-0.05, 0) is 67.2 Å². The number of nitriles is 1. The first kappa shape index (κ1) is 19.6. The van der Waals surface area contributed by atoms with Crippen LogP contribution in [-0.2, 0) is 11.2 Å². The number of rotatable bonds is 5. The number of carbonyl (C=O) groups is 1. The van der Waals surface area contributed by atoms with Gasteiger partial charge in [0.25, 0.3) is 5.91 Å². The third-order valence-electron chi connectivity index (χ3n) is 5.09. The fourth-order valence-electron chi connectivity index (χ4n) is 3.48. The van der Waals surface area contributed by atoms with E-state index in [2.05, 4.69) is 5.32 Å². The predicted molar refractivity (Wildman–Crippen MR) is 111 cm³/mol. The van der Waals surface area contributed by atoms with Gasteiger partial charge in [0.15, 0.2) is 0 Å². The van der Waals surface area contributed by atoms with Crippen LogP contribution in [0.1, 0.15) is 36.5 Å². The number of amides is 1. The van der Waals surface area contributed by atoms with E-state index in [9.17, 15) is 14.4 Å². The number of anilines is 2. The number of carbonyl (C=O) groups excluding carboxylic acids is 1. The molecule has 5 heteroatoms. The van der Waals surface area contributed by atoms with Gasteiger partial charge in [0.2, 0.25) is 0 Å². The Morgan fingerprint density at radius 1 is 1.29 bits per heavy atom. The lowest BCUT2D eigenvalue weighted by Crippen LogP contribution is -2.19. The fourth-order valence-corrected chi connectivity index (χ4v) is 3.48. The molecule has 0 aliphatic carbocycles. The van der Waals surface area contributed by atoms with Crippen molar-refractivity contribution < 1.29 is 9.18 Å². The van der Waals surface area contributed by atoms with Gasteiger partial charge in [-0.3, -0.25) is 4.79 Å². The Bertz CT molecular complexity index is 953. The van der Waals surface area contributed by atoms with Gasteiger partial charge >= 0.3 is 0 Å². The summed E-state index contributed by atoms with van der Waals surface area (Å²) in [5.41, 5.74) is 3.58. The number of hydrogen-bond acceptors (Lipinski definition) is 3. The van der Waals surface area contributed by atoms with Crippen LogP contribution in [0.2, 0.25) is 0 Å². The lowest BCUT2D eigenvalue weighted by Gasteiger charge is -2.19. The molecule has 144 valence electrons. The Morgan fingerprint density at radius 2 is 2.00 bits per heavy atom. The quantitative estimate of drug-likeness (QED) is 0.599. The molecular weight excluding hydrogens is 353 g/mol. The third kappa shape index (κ3) is 4.23. The molecule has 0 unspecified atom stereocenters. The van der Waals surface area contributed by atoms with E-state index in [0.29, 0.717) is 16.9 Å². The molecule has 0 radical (unpaired) electrons. The van der Waals surface area contributed by atoms with Crippen LogP contribution in [0.3, 0.4) is 0 Å². The molecule has 1 N–H and O–H groups in total. The van der Waals surface area contributed by atoms with E-state index >= 15 is 0 Å². The molecule has 1 aliphatic rings. The van der Waals surface area contributed by atoms with Crippen LogP contribution in [0, 0.1) is 24.1 Å². The molecule has 2 aromatic carbocycles. The average Bonchev–Trinajstić information content (AvgIpc) is 3.23. The van der Waals surface area contributed by atoms with Crippen LogP contribution in [0.4, 0.5) is 15.8 Å². The highest BCUT2D eigenvalue weighted by atomic mass is 19.1. The van der Waals surface area contributed by atoms with Crippen LogP contribution in [0.15, 0.2) is 42.0 Å². The largest absolute Gasteiger partial charge is 0.369 e. The molecule has 0 spiro atoms. The Kier molecular flexibility index (Phi) is 6.10. The Labute approximate surface area is 165 Å². The summed E-state index contributed by atoms with van der Waals surface area (Å²) in [6.45, 7) is 5.58. The smallest absolute Gasteiger partial charge is 0.266 e. The summed E-state index contributed by atoms with van der Waals surface area (Å²) in [5.74, 6) is -0.820. The Hall–Kier alpha value is -3.13. The fraction of sp³-hybridized carbons (Fsp3) is 0.304. The summed E-state index contributed by atoms with van der Waals surface area (Å²) in [6, 6.07) is 12.6. The Balaban J connectivity index is 1.87. The van der Waals surface area contributed by atoms with Gasteiger partial charge in [0.1, 0.15) is 17.5 Å². The van der Waals surface area contributed by atoms with Gasteiger partial charge in [-0.25, -0.2) is 4.39 Å². The molecule has 1 saturated heterocycles. The first-order chi connectivity index (χ1) is 13.5. The predicted octanol–water partition coefficient (Wildman–Crippen LogP) is 4.84. The number of nitrogens with one attached hydrogen (secondary N) is 1. The van der Waals surface area contributed by atoms with Gasteiger partial charge in [-0.2, -0.15) is 5.26 Å². The van der Waals surface area contributed by atoms with E-state index in [0.717, 1.165) is 43.5 Å². The lowest BCUT2D eigenvalue weighted by molar-refractivity contribution is -0.112. The van der Waals surface area contributed by atoms with Gasteiger partial charge in [0, 0.05) is 18.8 Å². The summed E-state index contributed by atoms with van der Waals surface area (Å²) < 4.78 is 14.6. The molecule has 1 aliphatic heterocycles. The van der Waals surface area contributed by atoms with Crippen molar-refractivity contribution in [3.05, 3.63) is 64.5 Å². The molecule has 4 nitrogen and oxygen atoms in total. The van der Waals surface area contributed by atoms with E-state index in [4.69, 9.17) is 0 Å². The zero-order valence-corrected chi connectivity index (χ0v) is 16.3. The molecule has 28 heavy (non-hydrogen) atoms. The minimum absolute atomic E-state index is 0.0534. The van der Waals surface area contributed by atoms with Crippen LogP contribution >= 0.6 is 0 Å².